The van der Waals surface area contributed by atoms with Gasteiger partial charge in [-0.3, -0.25) is 4.79 Å². The Hall–Kier alpha value is -0.570. The topological polar surface area (TPSA) is 49.3 Å². The first-order valence-electron chi connectivity index (χ1n) is 4.64. The van der Waals surface area contributed by atoms with Gasteiger partial charge in [0.1, 0.15) is 6.04 Å². The quantitative estimate of drug-likeness (QED) is 0.654. The second-order valence-corrected chi connectivity index (χ2v) is 3.62. The summed E-state index contributed by atoms with van der Waals surface area (Å²) in [6.07, 6.45) is 3.58. The third-order valence-electron chi connectivity index (χ3n) is 2.42. The molecule has 0 bridgehead atoms. The Kier molecular flexibility index (Phi) is 3.09. The van der Waals surface area contributed by atoms with Crippen LogP contribution in [0.4, 0.5) is 0 Å². The van der Waals surface area contributed by atoms with E-state index in [2.05, 4.69) is 12.2 Å². The van der Waals surface area contributed by atoms with E-state index in [0.717, 1.165) is 12.3 Å². The van der Waals surface area contributed by atoms with Gasteiger partial charge in [-0.15, -0.1) is 0 Å². The highest BCUT2D eigenvalue weighted by atomic mass is 16.4. The van der Waals surface area contributed by atoms with E-state index in [1.165, 1.54) is 12.8 Å². The fourth-order valence-corrected chi connectivity index (χ4v) is 1.53. The molecule has 0 aromatic rings. The number of carbonyl (C=O) groups is 1. The zero-order valence-corrected chi connectivity index (χ0v) is 7.71. The fourth-order valence-electron chi connectivity index (χ4n) is 1.53. The van der Waals surface area contributed by atoms with E-state index in [4.69, 9.17) is 5.11 Å². The molecular weight excluding hydrogens is 154 g/mol. The van der Waals surface area contributed by atoms with E-state index < -0.39 is 12.0 Å². The monoisotopic (exact) mass is 171 g/mol. The van der Waals surface area contributed by atoms with Crippen LogP contribution in [0.25, 0.3) is 0 Å². The van der Waals surface area contributed by atoms with Gasteiger partial charge in [0.2, 0.25) is 0 Å². The van der Waals surface area contributed by atoms with E-state index >= 15 is 0 Å². The van der Waals surface area contributed by atoms with Gasteiger partial charge in [0.05, 0.1) is 0 Å². The Morgan fingerprint density at radius 2 is 2.42 bits per heavy atom. The molecule has 2 N–H and O–H groups in total. The SMILES string of the molecule is CCCC1CC1NC(C)C(=O)O. The van der Waals surface area contributed by atoms with Crippen LogP contribution in [0.3, 0.4) is 0 Å². The lowest BCUT2D eigenvalue weighted by Gasteiger charge is -2.07. The van der Waals surface area contributed by atoms with Crippen LogP contribution in [0.15, 0.2) is 0 Å². The van der Waals surface area contributed by atoms with Crippen LogP contribution in [-0.2, 0) is 4.79 Å². The molecule has 3 atom stereocenters. The second kappa shape index (κ2) is 3.90. The van der Waals surface area contributed by atoms with Crippen molar-refractivity contribution in [2.24, 2.45) is 5.92 Å². The number of hydrogen-bond donors (Lipinski definition) is 2. The number of carboxylic acid groups (broad SMARTS) is 1. The molecule has 0 aromatic carbocycles. The molecule has 0 radical (unpaired) electrons. The first-order chi connectivity index (χ1) is 5.65. The summed E-state index contributed by atoms with van der Waals surface area (Å²) in [6.45, 7) is 3.86. The summed E-state index contributed by atoms with van der Waals surface area (Å²) < 4.78 is 0. The van der Waals surface area contributed by atoms with Crippen LogP contribution in [0.1, 0.15) is 33.1 Å². The van der Waals surface area contributed by atoms with Crippen LogP contribution in [-0.4, -0.2) is 23.2 Å². The second-order valence-electron chi connectivity index (χ2n) is 3.62. The van der Waals surface area contributed by atoms with E-state index in [1.807, 2.05) is 0 Å². The molecule has 0 saturated heterocycles. The van der Waals surface area contributed by atoms with Crippen molar-refractivity contribution in [2.75, 3.05) is 0 Å². The number of carboxylic acids is 1. The van der Waals surface area contributed by atoms with Crippen molar-refractivity contribution in [3.05, 3.63) is 0 Å². The smallest absolute Gasteiger partial charge is 0.320 e. The lowest BCUT2D eigenvalue weighted by molar-refractivity contribution is -0.139. The number of aliphatic carboxylic acids is 1. The highest BCUT2D eigenvalue weighted by Crippen LogP contribution is 2.34. The molecule has 0 amide bonds. The molecular formula is C9H17NO2. The summed E-state index contributed by atoms with van der Waals surface area (Å²) in [5.41, 5.74) is 0. The van der Waals surface area contributed by atoms with Crippen molar-refractivity contribution < 1.29 is 9.90 Å². The summed E-state index contributed by atoms with van der Waals surface area (Å²) >= 11 is 0. The molecule has 0 aromatic heterocycles. The molecule has 1 fully saturated rings. The highest BCUT2D eigenvalue weighted by molar-refractivity contribution is 5.72. The lowest BCUT2D eigenvalue weighted by atomic mass is 10.2. The minimum Gasteiger partial charge on any atom is -0.480 e. The average Bonchev–Trinajstić information content (AvgIpc) is 2.68. The largest absolute Gasteiger partial charge is 0.480 e. The van der Waals surface area contributed by atoms with Crippen molar-refractivity contribution >= 4 is 5.97 Å². The van der Waals surface area contributed by atoms with Crippen molar-refractivity contribution in [2.45, 2.75) is 45.2 Å². The first kappa shape index (κ1) is 9.52. The van der Waals surface area contributed by atoms with Gasteiger partial charge in [-0.05, 0) is 25.7 Å². The molecule has 0 spiro atoms. The Morgan fingerprint density at radius 3 is 2.92 bits per heavy atom. The predicted octanol–water partition coefficient (Wildman–Crippen LogP) is 1.24. The standard InChI is InChI=1S/C9H17NO2/c1-3-4-7-5-8(7)10-6(2)9(11)12/h6-8,10H,3-5H2,1-2H3,(H,11,12). The predicted molar refractivity (Wildman–Crippen MR) is 47.0 cm³/mol. The Balaban J connectivity index is 2.14. The molecule has 0 heterocycles. The molecule has 3 unspecified atom stereocenters. The zero-order valence-electron chi connectivity index (χ0n) is 7.71. The normalized spacial score (nSPS) is 29.8. The van der Waals surface area contributed by atoms with Crippen LogP contribution < -0.4 is 5.32 Å². The molecule has 3 nitrogen and oxygen atoms in total. The van der Waals surface area contributed by atoms with Crippen LogP contribution in [0, 0.1) is 5.92 Å². The van der Waals surface area contributed by atoms with Gasteiger partial charge in [-0.25, -0.2) is 0 Å². The van der Waals surface area contributed by atoms with Crippen LogP contribution >= 0.6 is 0 Å². The maximum atomic E-state index is 10.5. The Morgan fingerprint density at radius 1 is 1.75 bits per heavy atom. The van der Waals surface area contributed by atoms with Gasteiger partial charge in [-0.2, -0.15) is 0 Å². The van der Waals surface area contributed by atoms with Gasteiger partial charge < -0.3 is 10.4 Å². The van der Waals surface area contributed by atoms with Crippen LogP contribution in [0.5, 0.6) is 0 Å². The minimum absolute atomic E-state index is 0.392. The lowest BCUT2D eigenvalue weighted by Crippen LogP contribution is -2.35. The molecule has 1 saturated carbocycles. The summed E-state index contributed by atoms with van der Waals surface area (Å²) in [5.74, 6) is -0.0195. The first-order valence-corrected chi connectivity index (χ1v) is 4.64. The van der Waals surface area contributed by atoms with E-state index in [1.54, 1.807) is 6.92 Å². The van der Waals surface area contributed by atoms with Gasteiger partial charge in [0.25, 0.3) is 0 Å². The summed E-state index contributed by atoms with van der Waals surface area (Å²) in [6, 6.07) is 0.0768. The third kappa shape index (κ3) is 2.48. The number of hydrogen-bond acceptors (Lipinski definition) is 2. The third-order valence-corrected chi connectivity index (χ3v) is 2.42. The molecule has 1 aliphatic carbocycles. The molecule has 12 heavy (non-hydrogen) atoms. The molecule has 70 valence electrons. The molecule has 1 rings (SSSR count). The summed E-state index contributed by atoms with van der Waals surface area (Å²) in [5, 5.41) is 11.7. The Labute approximate surface area is 73.2 Å². The van der Waals surface area contributed by atoms with Crippen molar-refractivity contribution in [1.29, 1.82) is 0 Å². The molecule has 3 heteroatoms. The van der Waals surface area contributed by atoms with Crippen molar-refractivity contribution in [1.82, 2.24) is 5.32 Å². The molecule has 0 aliphatic heterocycles. The summed E-state index contributed by atoms with van der Waals surface area (Å²) in [4.78, 5) is 10.5. The maximum absolute atomic E-state index is 10.5. The van der Waals surface area contributed by atoms with Gasteiger partial charge in [-0.1, -0.05) is 13.3 Å². The highest BCUT2D eigenvalue weighted by Gasteiger charge is 2.37. The van der Waals surface area contributed by atoms with E-state index in [-0.39, 0.29) is 0 Å². The van der Waals surface area contributed by atoms with Crippen LogP contribution in [0.2, 0.25) is 0 Å². The fraction of sp³-hybridized carbons (Fsp3) is 0.889. The van der Waals surface area contributed by atoms with E-state index in [9.17, 15) is 4.79 Å². The van der Waals surface area contributed by atoms with Gasteiger partial charge in [0, 0.05) is 6.04 Å². The minimum atomic E-state index is -0.753. The van der Waals surface area contributed by atoms with Crippen molar-refractivity contribution in [3.63, 3.8) is 0 Å². The van der Waals surface area contributed by atoms with Gasteiger partial charge >= 0.3 is 5.97 Å². The van der Waals surface area contributed by atoms with Gasteiger partial charge in [0.15, 0.2) is 0 Å². The van der Waals surface area contributed by atoms with Crippen molar-refractivity contribution in [3.8, 4) is 0 Å². The number of nitrogens with one attached hydrogen (secondary N) is 1. The zero-order chi connectivity index (χ0) is 9.14. The molecule has 1 aliphatic rings. The van der Waals surface area contributed by atoms with E-state index in [0.29, 0.717) is 6.04 Å². The maximum Gasteiger partial charge on any atom is 0.320 e. The Bertz CT molecular complexity index is 170. The number of rotatable bonds is 5. The average molecular weight is 171 g/mol. The summed E-state index contributed by atoms with van der Waals surface area (Å²) in [7, 11) is 0.